The van der Waals surface area contributed by atoms with Gasteiger partial charge in [-0.15, -0.1) is 0 Å². The van der Waals surface area contributed by atoms with E-state index in [1.54, 1.807) is 0 Å². The second-order valence-electron chi connectivity index (χ2n) is 3.90. The molecule has 9 heteroatoms. The second-order valence-corrected chi connectivity index (χ2v) is 12.1. The van der Waals surface area contributed by atoms with Crippen molar-refractivity contribution < 1.29 is 14.3 Å². The minimum atomic E-state index is -5.20. The van der Waals surface area contributed by atoms with Gasteiger partial charge in [0.15, 0.2) is 0 Å². The molecule has 3 nitrogen and oxygen atoms in total. The van der Waals surface area contributed by atoms with E-state index < -0.39 is 15.4 Å². The fraction of sp³-hybridized carbons (Fsp3) is 1.00. The maximum atomic E-state index is 9.38. The molecule has 0 radical (unpaired) electrons. The minimum absolute atomic E-state index is 0.363. The Kier molecular flexibility index (Phi) is 4.65. The quantitative estimate of drug-likeness (QED) is 0.561. The van der Waals surface area contributed by atoms with Crippen molar-refractivity contribution in [1.29, 1.82) is 0 Å². The Balaban J connectivity index is 2.97. The first kappa shape index (κ1) is 15.8. The summed E-state index contributed by atoms with van der Waals surface area (Å²) in [6, 6.07) is 0. The van der Waals surface area contributed by atoms with Crippen molar-refractivity contribution in [2.75, 3.05) is 0 Å². The molecule has 1 aliphatic rings. The molecule has 0 aromatic carbocycles. The Bertz CT molecular complexity index is 256. The molecule has 1 fully saturated rings. The Hall–Kier alpha value is 1.76. The Morgan fingerprint density at radius 3 is 1.75 bits per heavy atom. The predicted octanol–water partition coefficient (Wildman–Crippen LogP) is 4.67. The molecule has 16 heavy (non-hydrogen) atoms. The number of hydrogen-bond donors (Lipinski definition) is 2. The van der Waals surface area contributed by atoms with Gasteiger partial charge in [0.05, 0.1) is 0 Å². The molecular formula is C7H12Cl5O3P. The molecule has 1 aliphatic carbocycles. The standard InChI is InChI=1S/C7H12Cl5O3P/c8-7(9,10)6(4-2-1-3-5-6)15-16(11,12,13)14/h13-14H,1-5H2. The number of rotatable bonds is 2. The number of halogens is 5. The van der Waals surface area contributed by atoms with E-state index in [4.69, 9.17) is 61.8 Å². The van der Waals surface area contributed by atoms with Crippen molar-refractivity contribution in [3.8, 4) is 0 Å². The van der Waals surface area contributed by atoms with Crippen molar-refractivity contribution in [3.63, 3.8) is 0 Å². The van der Waals surface area contributed by atoms with Crippen molar-refractivity contribution in [1.82, 2.24) is 0 Å². The van der Waals surface area contributed by atoms with Crippen LogP contribution in [0, 0.1) is 0 Å². The molecule has 0 aromatic rings. The molecule has 0 atom stereocenters. The second kappa shape index (κ2) is 4.70. The molecular weight excluding hydrogens is 340 g/mol. The molecule has 1 saturated carbocycles. The number of hydrogen-bond acceptors (Lipinski definition) is 3. The third-order valence-corrected chi connectivity index (χ3v) is 4.60. The fourth-order valence-electron chi connectivity index (χ4n) is 1.84. The van der Waals surface area contributed by atoms with Crippen LogP contribution in [-0.4, -0.2) is 19.2 Å². The predicted molar refractivity (Wildman–Crippen MR) is 70.3 cm³/mol. The number of alkyl halides is 3. The molecule has 0 spiro atoms. The molecule has 2 N–H and O–H groups in total. The first-order valence-corrected chi connectivity index (χ1v) is 9.65. The fourth-order valence-corrected chi connectivity index (χ4v) is 4.37. The first-order chi connectivity index (χ1) is 6.92. The van der Waals surface area contributed by atoms with Crippen LogP contribution in [0.1, 0.15) is 32.1 Å². The summed E-state index contributed by atoms with van der Waals surface area (Å²) in [6.45, 7) is 0. The van der Waals surface area contributed by atoms with Gasteiger partial charge < -0.3 is 0 Å². The average molecular weight is 352 g/mol. The van der Waals surface area contributed by atoms with E-state index >= 15 is 0 Å². The van der Waals surface area contributed by atoms with Crippen LogP contribution in [0.3, 0.4) is 0 Å². The van der Waals surface area contributed by atoms with Gasteiger partial charge in [-0.25, -0.2) is 0 Å². The molecule has 0 amide bonds. The van der Waals surface area contributed by atoms with E-state index in [2.05, 4.69) is 0 Å². The normalized spacial score (nSPS) is 24.8. The summed E-state index contributed by atoms with van der Waals surface area (Å²) in [7, 11) is 0. The Labute approximate surface area is 119 Å². The summed E-state index contributed by atoms with van der Waals surface area (Å²) in [6.07, 6.45) is 3.18. The van der Waals surface area contributed by atoms with E-state index in [0.717, 1.165) is 19.3 Å². The monoisotopic (exact) mass is 350 g/mol. The van der Waals surface area contributed by atoms with E-state index in [-0.39, 0.29) is 0 Å². The van der Waals surface area contributed by atoms with E-state index in [0.29, 0.717) is 12.8 Å². The third kappa shape index (κ3) is 4.46. The van der Waals surface area contributed by atoms with Crippen molar-refractivity contribution in [2.45, 2.75) is 41.5 Å². The molecule has 0 bridgehead atoms. The third-order valence-electron chi connectivity index (χ3n) is 2.50. The summed E-state index contributed by atoms with van der Waals surface area (Å²) >= 11 is 28.1. The molecule has 0 aliphatic heterocycles. The first-order valence-electron chi connectivity index (χ1n) is 4.65. The SMILES string of the molecule is OP(O)(Cl)(Cl)OC1(C(Cl)(Cl)Cl)CCCCC1. The van der Waals surface area contributed by atoms with E-state index in [1.807, 2.05) is 0 Å². The summed E-state index contributed by atoms with van der Waals surface area (Å²) < 4.78 is 3.18. The Morgan fingerprint density at radius 1 is 1.00 bits per heavy atom. The molecule has 0 aromatic heterocycles. The molecule has 98 valence electrons. The van der Waals surface area contributed by atoms with Crippen LogP contribution in [-0.2, 0) is 4.52 Å². The van der Waals surface area contributed by atoms with Crippen molar-refractivity contribution in [2.24, 2.45) is 0 Å². The van der Waals surface area contributed by atoms with Crippen LogP contribution in [0.15, 0.2) is 0 Å². The van der Waals surface area contributed by atoms with Crippen LogP contribution in [0.4, 0.5) is 0 Å². The zero-order chi connectivity index (χ0) is 12.7. The Morgan fingerprint density at radius 2 is 1.44 bits per heavy atom. The van der Waals surface area contributed by atoms with Crippen LogP contribution >= 0.6 is 63.3 Å². The molecule has 1 rings (SSSR count). The van der Waals surface area contributed by atoms with Gasteiger partial charge >= 0.3 is 119 Å². The summed E-state index contributed by atoms with van der Waals surface area (Å²) in [5, 5.41) is 0. The van der Waals surface area contributed by atoms with Gasteiger partial charge in [0.25, 0.3) is 0 Å². The zero-order valence-electron chi connectivity index (χ0n) is 8.18. The molecule has 0 heterocycles. The molecule has 0 saturated heterocycles. The van der Waals surface area contributed by atoms with Crippen LogP contribution in [0.25, 0.3) is 0 Å². The van der Waals surface area contributed by atoms with Gasteiger partial charge in [-0.1, -0.05) is 0 Å². The van der Waals surface area contributed by atoms with Gasteiger partial charge in [-0.2, -0.15) is 0 Å². The maximum absolute atomic E-state index is 9.38. The van der Waals surface area contributed by atoms with Crippen molar-refractivity contribution in [3.05, 3.63) is 0 Å². The summed E-state index contributed by atoms with van der Waals surface area (Å²) in [4.78, 5) is 18.8. The van der Waals surface area contributed by atoms with Crippen LogP contribution in [0.2, 0.25) is 0 Å². The molecule has 0 unspecified atom stereocenters. The van der Waals surface area contributed by atoms with Crippen LogP contribution < -0.4 is 0 Å². The van der Waals surface area contributed by atoms with E-state index in [1.165, 1.54) is 0 Å². The van der Waals surface area contributed by atoms with Gasteiger partial charge in [0.2, 0.25) is 0 Å². The topological polar surface area (TPSA) is 49.7 Å². The average Bonchev–Trinajstić information content (AvgIpc) is 1.98. The van der Waals surface area contributed by atoms with Gasteiger partial charge in [0, 0.05) is 0 Å². The zero-order valence-corrected chi connectivity index (χ0v) is 12.8. The van der Waals surface area contributed by atoms with Gasteiger partial charge in [-0.3, -0.25) is 0 Å². The van der Waals surface area contributed by atoms with Gasteiger partial charge in [0.1, 0.15) is 0 Å². The van der Waals surface area contributed by atoms with Gasteiger partial charge in [-0.05, 0) is 0 Å². The summed E-state index contributed by atoms with van der Waals surface area (Å²) in [5.41, 5.74) is -1.35. The summed E-state index contributed by atoms with van der Waals surface area (Å²) in [5.74, 6) is -5.20. The van der Waals surface area contributed by atoms with Crippen molar-refractivity contribution >= 4 is 63.3 Å². The van der Waals surface area contributed by atoms with E-state index in [9.17, 15) is 9.79 Å². The van der Waals surface area contributed by atoms with Crippen LogP contribution in [0.5, 0.6) is 0 Å².